The number of anilines is 2. The van der Waals surface area contributed by atoms with E-state index in [1.165, 1.54) is 41.3 Å². The zero-order valence-corrected chi connectivity index (χ0v) is 14.6. The third kappa shape index (κ3) is 4.56. The number of halogens is 1. The van der Waals surface area contributed by atoms with Gasteiger partial charge < -0.3 is 10.6 Å². The molecule has 0 saturated heterocycles. The lowest BCUT2D eigenvalue weighted by atomic mass is 10.3. The van der Waals surface area contributed by atoms with Crippen LogP contribution in [0.4, 0.5) is 16.5 Å². The quantitative estimate of drug-likeness (QED) is 0.427. The van der Waals surface area contributed by atoms with Crippen molar-refractivity contribution < 1.29 is 9.72 Å². The van der Waals surface area contributed by atoms with Gasteiger partial charge in [-0.15, -0.1) is 10.2 Å². The fourth-order valence-corrected chi connectivity index (χ4v) is 3.61. The predicted molar refractivity (Wildman–Crippen MR) is 94.0 cm³/mol. The van der Waals surface area contributed by atoms with Gasteiger partial charge in [0.25, 0.3) is 5.69 Å². The van der Waals surface area contributed by atoms with Gasteiger partial charge >= 0.3 is 0 Å². The summed E-state index contributed by atoms with van der Waals surface area (Å²) in [6, 6.07) is 4.40. The Morgan fingerprint density at radius 2 is 2.25 bits per heavy atom. The highest BCUT2D eigenvalue weighted by molar-refractivity contribution is 8.01. The summed E-state index contributed by atoms with van der Waals surface area (Å²) in [7, 11) is 0. The van der Waals surface area contributed by atoms with E-state index in [9.17, 15) is 14.9 Å². The molecule has 1 aliphatic carbocycles. The summed E-state index contributed by atoms with van der Waals surface area (Å²) >= 11 is 8.62. The minimum Gasteiger partial charge on any atom is -0.357 e. The molecule has 1 aromatic carbocycles. The topological polar surface area (TPSA) is 110 Å². The minimum absolute atomic E-state index is 0.120. The Hall–Kier alpha value is -1.91. The van der Waals surface area contributed by atoms with Crippen LogP contribution in [0.3, 0.4) is 0 Å². The standard InChI is InChI=1S/C13H12ClN5O3S2/c14-9-5-8(19(21)22)3-4-10(9)16-11(20)6-23-13-18-17-12(24-13)15-7-1-2-7/h3-5,7H,1-2,6H2,(H,15,17)(H,16,20). The number of hydrogen-bond donors (Lipinski definition) is 2. The van der Waals surface area contributed by atoms with Crippen molar-refractivity contribution in [2.75, 3.05) is 16.4 Å². The molecule has 2 N–H and O–H groups in total. The van der Waals surface area contributed by atoms with Crippen LogP contribution in [0.25, 0.3) is 0 Å². The molecule has 1 aromatic heterocycles. The van der Waals surface area contributed by atoms with Crippen molar-refractivity contribution in [1.29, 1.82) is 0 Å². The number of carbonyl (C=O) groups excluding carboxylic acids is 1. The maximum atomic E-state index is 12.0. The number of non-ortho nitro benzene ring substituents is 1. The first-order valence-corrected chi connectivity index (χ1v) is 9.16. The number of benzene rings is 1. The molecule has 1 amide bonds. The molecule has 0 atom stereocenters. The van der Waals surface area contributed by atoms with E-state index in [0.717, 1.165) is 18.0 Å². The molecule has 0 spiro atoms. The number of nitrogens with one attached hydrogen (secondary N) is 2. The number of carbonyl (C=O) groups is 1. The van der Waals surface area contributed by atoms with Crippen molar-refractivity contribution in [3.8, 4) is 0 Å². The van der Waals surface area contributed by atoms with E-state index in [-0.39, 0.29) is 22.4 Å². The number of hydrogen-bond acceptors (Lipinski definition) is 8. The average molecular weight is 386 g/mol. The number of rotatable bonds is 7. The lowest BCUT2D eigenvalue weighted by molar-refractivity contribution is -0.384. The van der Waals surface area contributed by atoms with Crippen LogP contribution < -0.4 is 10.6 Å². The second-order valence-electron chi connectivity index (χ2n) is 5.05. The monoisotopic (exact) mass is 385 g/mol. The molecule has 0 aliphatic heterocycles. The Balaban J connectivity index is 1.51. The smallest absolute Gasteiger partial charge is 0.271 e. The molecular weight excluding hydrogens is 374 g/mol. The fourth-order valence-electron chi connectivity index (χ4n) is 1.76. The van der Waals surface area contributed by atoms with E-state index in [0.29, 0.717) is 16.1 Å². The predicted octanol–water partition coefficient (Wildman–Crippen LogP) is 3.40. The summed E-state index contributed by atoms with van der Waals surface area (Å²) in [6.07, 6.45) is 2.31. The molecule has 1 fully saturated rings. The molecule has 8 nitrogen and oxygen atoms in total. The molecule has 1 heterocycles. The van der Waals surface area contributed by atoms with Gasteiger partial charge in [0.1, 0.15) is 0 Å². The van der Waals surface area contributed by atoms with E-state index in [2.05, 4.69) is 20.8 Å². The normalized spacial score (nSPS) is 13.5. The molecule has 3 rings (SSSR count). The first-order chi connectivity index (χ1) is 11.5. The van der Waals surface area contributed by atoms with Gasteiger partial charge in [-0.2, -0.15) is 0 Å². The van der Waals surface area contributed by atoms with Crippen molar-refractivity contribution in [3.63, 3.8) is 0 Å². The zero-order valence-electron chi connectivity index (χ0n) is 12.2. The number of nitrogens with zero attached hydrogens (tertiary/aromatic N) is 3. The van der Waals surface area contributed by atoms with Gasteiger partial charge in [-0.25, -0.2) is 0 Å². The van der Waals surface area contributed by atoms with Crippen LogP contribution in [0.5, 0.6) is 0 Å². The SMILES string of the molecule is O=C(CSc1nnc(NC2CC2)s1)Nc1ccc([N+](=O)[O-])cc1Cl. The summed E-state index contributed by atoms with van der Waals surface area (Å²) < 4.78 is 0.697. The van der Waals surface area contributed by atoms with Crippen LogP contribution in [0.2, 0.25) is 5.02 Å². The third-order valence-electron chi connectivity index (χ3n) is 3.08. The van der Waals surface area contributed by atoms with Crippen LogP contribution in [-0.4, -0.2) is 32.8 Å². The van der Waals surface area contributed by atoms with Gasteiger partial charge in [0, 0.05) is 18.2 Å². The van der Waals surface area contributed by atoms with Crippen molar-refractivity contribution in [2.24, 2.45) is 0 Å². The van der Waals surface area contributed by atoms with Gasteiger partial charge in [0.15, 0.2) is 4.34 Å². The number of nitro groups is 1. The molecule has 0 radical (unpaired) electrons. The maximum absolute atomic E-state index is 12.0. The van der Waals surface area contributed by atoms with Crippen LogP contribution in [0.1, 0.15) is 12.8 Å². The molecule has 1 aliphatic rings. The molecule has 126 valence electrons. The Morgan fingerprint density at radius 3 is 2.92 bits per heavy atom. The first-order valence-electron chi connectivity index (χ1n) is 6.98. The van der Waals surface area contributed by atoms with E-state index < -0.39 is 4.92 Å². The largest absolute Gasteiger partial charge is 0.357 e. The Kier molecular flexibility index (Phi) is 5.17. The van der Waals surface area contributed by atoms with E-state index >= 15 is 0 Å². The molecule has 11 heteroatoms. The number of aromatic nitrogens is 2. The molecule has 2 aromatic rings. The second-order valence-corrected chi connectivity index (χ2v) is 7.66. The summed E-state index contributed by atoms with van der Waals surface area (Å²) in [5, 5.41) is 25.4. The van der Waals surface area contributed by atoms with Gasteiger partial charge in [-0.05, 0) is 18.9 Å². The lowest BCUT2D eigenvalue weighted by Crippen LogP contribution is -2.14. The van der Waals surface area contributed by atoms with Gasteiger partial charge in [0.2, 0.25) is 11.0 Å². The van der Waals surface area contributed by atoms with Crippen molar-refractivity contribution in [3.05, 3.63) is 33.3 Å². The highest BCUT2D eigenvalue weighted by atomic mass is 35.5. The number of thioether (sulfide) groups is 1. The molecule has 0 unspecified atom stereocenters. The average Bonchev–Trinajstić information content (AvgIpc) is 3.24. The Labute approximate surface area is 150 Å². The molecular formula is C13H12ClN5O3S2. The highest BCUT2D eigenvalue weighted by Gasteiger charge is 2.22. The van der Waals surface area contributed by atoms with Crippen LogP contribution in [0, 0.1) is 10.1 Å². The maximum Gasteiger partial charge on any atom is 0.271 e. The third-order valence-corrected chi connectivity index (χ3v) is 5.38. The Bertz CT molecular complexity index is 781. The van der Waals surface area contributed by atoms with Gasteiger partial charge in [0.05, 0.1) is 21.4 Å². The highest BCUT2D eigenvalue weighted by Crippen LogP contribution is 2.31. The summed E-state index contributed by atoms with van der Waals surface area (Å²) in [5.74, 6) is -0.131. The summed E-state index contributed by atoms with van der Waals surface area (Å²) in [4.78, 5) is 22.1. The minimum atomic E-state index is -0.546. The van der Waals surface area contributed by atoms with Crippen molar-refractivity contribution >= 4 is 57.1 Å². The van der Waals surface area contributed by atoms with E-state index in [4.69, 9.17) is 11.6 Å². The summed E-state index contributed by atoms with van der Waals surface area (Å²) in [6.45, 7) is 0. The molecule has 0 bridgehead atoms. The van der Waals surface area contributed by atoms with E-state index in [1.807, 2.05) is 0 Å². The van der Waals surface area contributed by atoms with Crippen LogP contribution in [0.15, 0.2) is 22.5 Å². The summed E-state index contributed by atoms with van der Waals surface area (Å²) in [5.41, 5.74) is 0.207. The van der Waals surface area contributed by atoms with E-state index in [1.54, 1.807) is 0 Å². The van der Waals surface area contributed by atoms with Gasteiger partial charge in [-0.3, -0.25) is 14.9 Å². The molecule has 24 heavy (non-hydrogen) atoms. The number of amides is 1. The van der Waals surface area contributed by atoms with Crippen molar-refractivity contribution in [1.82, 2.24) is 10.2 Å². The first kappa shape index (κ1) is 16.9. The van der Waals surface area contributed by atoms with Crippen molar-refractivity contribution in [2.45, 2.75) is 23.2 Å². The van der Waals surface area contributed by atoms with Crippen LogP contribution >= 0.6 is 34.7 Å². The zero-order chi connectivity index (χ0) is 17.1. The van der Waals surface area contributed by atoms with Gasteiger partial charge in [-0.1, -0.05) is 34.7 Å². The second kappa shape index (κ2) is 7.32. The Morgan fingerprint density at radius 1 is 1.46 bits per heavy atom. The number of nitro benzene ring substituents is 1. The van der Waals surface area contributed by atoms with Crippen LogP contribution in [-0.2, 0) is 4.79 Å². The lowest BCUT2D eigenvalue weighted by Gasteiger charge is -2.06. The fraction of sp³-hybridized carbons (Fsp3) is 0.308. The molecule has 1 saturated carbocycles.